The molecule has 114 valence electrons. The van der Waals surface area contributed by atoms with Crippen LogP contribution in [-0.2, 0) is 0 Å². The molecule has 5 heteroatoms. The number of hydrogen-bond donors (Lipinski definition) is 1. The van der Waals surface area contributed by atoms with Crippen LogP contribution in [-0.4, -0.2) is 20.3 Å². The van der Waals surface area contributed by atoms with Crippen molar-refractivity contribution in [2.45, 2.75) is 19.9 Å². The molecule has 1 N–H and O–H groups in total. The fourth-order valence-electron chi connectivity index (χ4n) is 2.26. The first-order valence-electron chi connectivity index (χ1n) is 7.00. The van der Waals surface area contributed by atoms with Crippen molar-refractivity contribution < 1.29 is 13.9 Å². The Kier molecular flexibility index (Phi) is 5.70. The summed E-state index contributed by atoms with van der Waals surface area (Å²) in [4.78, 5) is 0. The van der Waals surface area contributed by atoms with Crippen LogP contribution in [0.25, 0.3) is 0 Å². The minimum absolute atomic E-state index is 0.0213. The fourth-order valence-corrected chi connectivity index (χ4v) is 2.73. The lowest BCUT2D eigenvalue weighted by atomic mass is 10.0. The van der Waals surface area contributed by atoms with Gasteiger partial charge in [0, 0.05) is 5.56 Å². The number of furan rings is 1. The fraction of sp³-hybridized carbons (Fsp3) is 0.375. The molecule has 0 bridgehead atoms. The molecule has 0 aliphatic heterocycles. The largest absolute Gasteiger partial charge is 0.490 e. The van der Waals surface area contributed by atoms with Gasteiger partial charge < -0.3 is 19.2 Å². The van der Waals surface area contributed by atoms with Crippen molar-refractivity contribution in [3.63, 3.8) is 0 Å². The molecule has 0 aliphatic carbocycles. The molecule has 2 rings (SSSR count). The Labute approximate surface area is 133 Å². The summed E-state index contributed by atoms with van der Waals surface area (Å²) in [6, 6.07) is 7.96. The highest BCUT2D eigenvalue weighted by atomic mass is 79.9. The lowest BCUT2D eigenvalue weighted by Gasteiger charge is -2.18. The third-order valence-corrected chi connectivity index (χ3v) is 3.79. The monoisotopic (exact) mass is 353 g/mol. The van der Waals surface area contributed by atoms with E-state index >= 15 is 0 Å². The van der Waals surface area contributed by atoms with Gasteiger partial charge in [-0.15, -0.1) is 0 Å². The molecular weight excluding hydrogens is 334 g/mol. The standard InChI is InChI=1S/C16H20BrNO3/c1-4-19-13-7-6-11(10-14(13)20-5-2)15(18-3)12-8-9-21-16(12)17/h6-10,15,18H,4-5H2,1-3H3. The van der Waals surface area contributed by atoms with E-state index in [1.54, 1.807) is 6.26 Å². The zero-order valence-electron chi connectivity index (χ0n) is 12.5. The van der Waals surface area contributed by atoms with E-state index in [1.807, 2.05) is 45.2 Å². The molecule has 1 heterocycles. The van der Waals surface area contributed by atoms with E-state index in [9.17, 15) is 0 Å². The summed E-state index contributed by atoms with van der Waals surface area (Å²) < 4.78 is 17.3. The molecule has 21 heavy (non-hydrogen) atoms. The van der Waals surface area contributed by atoms with E-state index in [-0.39, 0.29) is 6.04 Å². The van der Waals surface area contributed by atoms with E-state index in [0.29, 0.717) is 13.2 Å². The maximum absolute atomic E-state index is 5.68. The van der Waals surface area contributed by atoms with Gasteiger partial charge in [-0.3, -0.25) is 0 Å². The predicted molar refractivity (Wildman–Crippen MR) is 86.1 cm³/mol. The van der Waals surface area contributed by atoms with Crippen molar-refractivity contribution in [2.24, 2.45) is 0 Å². The van der Waals surface area contributed by atoms with Crippen LogP contribution in [0.1, 0.15) is 31.0 Å². The van der Waals surface area contributed by atoms with Crippen molar-refractivity contribution in [3.8, 4) is 11.5 Å². The van der Waals surface area contributed by atoms with Gasteiger partial charge in [0.25, 0.3) is 0 Å². The highest BCUT2D eigenvalue weighted by Gasteiger charge is 2.19. The highest BCUT2D eigenvalue weighted by Crippen LogP contribution is 2.35. The van der Waals surface area contributed by atoms with Gasteiger partial charge in [-0.2, -0.15) is 0 Å². The third-order valence-electron chi connectivity index (χ3n) is 3.15. The maximum Gasteiger partial charge on any atom is 0.174 e. The molecule has 1 unspecified atom stereocenters. The summed E-state index contributed by atoms with van der Waals surface area (Å²) in [5.41, 5.74) is 2.13. The molecule has 0 amide bonds. The van der Waals surface area contributed by atoms with Crippen molar-refractivity contribution in [1.82, 2.24) is 5.32 Å². The van der Waals surface area contributed by atoms with Crippen LogP contribution in [0.2, 0.25) is 0 Å². The molecule has 1 aromatic heterocycles. The number of halogens is 1. The number of nitrogens with one attached hydrogen (secondary N) is 1. The van der Waals surface area contributed by atoms with Crippen LogP contribution in [0.5, 0.6) is 11.5 Å². The molecule has 0 radical (unpaired) electrons. The summed E-state index contributed by atoms with van der Waals surface area (Å²) in [7, 11) is 1.92. The zero-order chi connectivity index (χ0) is 15.2. The van der Waals surface area contributed by atoms with Crippen LogP contribution in [0.3, 0.4) is 0 Å². The van der Waals surface area contributed by atoms with Gasteiger partial charge >= 0.3 is 0 Å². The summed E-state index contributed by atoms with van der Waals surface area (Å²) in [5, 5.41) is 3.30. The van der Waals surface area contributed by atoms with Gasteiger partial charge in [-0.25, -0.2) is 0 Å². The average molecular weight is 354 g/mol. The minimum atomic E-state index is 0.0213. The first-order chi connectivity index (χ1) is 10.2. The van der Waals surface area contributed by atoms with E-state index in [0.717, 1.165) is 27.3 Å². The number of ether oxygens (including phenoxy) is 2. The summed E-state index contributed by atoms with van der Waals surface area (Å²) in [6.07, 6.45) is 1.67. The summed E-state index contributed by atoms with van der Waals surface area (Å²) >= 11 is 3.43. The molecule has 0 saturated carbocycles. The van der Waals surface area contributed by atoms with Crippen LogP contribution < -0.4 is 14.8 Å². The van der Waals surface area contributed by atoms with E-state index in [1.165, 1.54) is 0 Å². The van der Waals surface area contributed by atoms with Crippen LogP contribution >= 0.6 is 15.9 Å². The van der Waals surface area contributed by atoms with Crippen LogP contribution in [0, 0.1) is 0 Å². The molecule has 1 aromatic carbocycles. The molecule has 2 aromatic rings. The maximum atomic E-state index is 5.68. The third kappa shape index (κ3) is 3.60. The van der Waals surface area contributed by atoms with Gasteiger partial charge in [0.2, 0.25) is 0 Å². The lowest BCUT2D eigenvalue weighted by Crippen LogP contribution is -2.17. The zero-order valence-corrected chi connectivity index (χ0v) is 14.1. The first-order valence-corrected chi connectivity index (χ1v) is 7.80. The van der Waals surface area contributed by atoms with Crippen molar-refractivity contribution in [2.75, 3.05) is 20.3 Å². The van der Waals surface area contributed by atoms with E-state index in [2.05, 4.69) is 21.2 Å². The average Bonchev–Trinajstić information content (AvgIpc) is 2.89. The quantitative estimate of drug-likeness (QED) is 0.811. The summed E-state index contributed by atoms with van der Waals surface area (Å²) in [5.74, 6) is 1.53. The Hall–Kier alpha value is -1.46. The number of benzene rings is 1. The van der Waals surface area contributed by atoms with Gasteiger partial charge in [0.1, 0.15) is 0 Å². The SMILES string of the molecule is CCOc1ccc(C(NC)c2ccoc2Br)cc1OCC. The van der Waals surface area contributed by atoms with Crippen molar-refractivity contribution in [3.05, 3.63) is 46.3 Å². The van der Waals surface area contributed by atoms with Crippen molar-refractivity contribution >= 4 is 15.9 Å². The smallest absolute Gasteiger partial charge is 0.174 e. The molecule has 0 fully saturated rings. The van der Waals surface area contributed by atoms with Gasteiger partial charge in [-0.1, -0.05) is 6.07 Å². The Bertz CT molecular complexity index is 583. The Balaban J connectivity index is 2.38. The van der Waals surface area contributed by atoms with Gasteiger partial charge in [0.15, 0.2) is 16.2 Å². The second kappa shape index (κ2) is 7.52. The van der Waals surface area contributed by atoms with Crippen LogP contribution in [0.4, 0.5) is 0 Å². The Morgan fingerprint density at radius 1 is 1.14 bits per heavy atom. The lowest BCUT2D eigenvalue weighted by molar-refractivity contribution is 0.287. The topological polar surface area (TPSA) is 43.6 Å². The normalized spacial score (nSPS) is 12.2. The Morgan fingerprint density at radius 3 is 2.43 bits per heavy atom. The Morgan fingerprint density at radius 2 is 1.86 bits per heavy atom. The molecule has 1 atom stereocenters. The molecule has 0 saturated heterocycles. The predicted octanol–water partition coefficient (Wildman–Crippen LogP) is 4.15. The van der Waals surface area contributed by atoms with Crippen molar-refractivity contribution in [1.29, 1.82) is 0 Å². The van der Waals surface area contributed by atoms with Crippen LogP contribution in [0.15, 0.2) is 39.6 Å². The van der Waals surface area contributed by atoms with E-state index in [4.69, 9.17) is 13.9 Å². The second-order valence-corrected chi connectivity index (χ2v) is 5.16. The number of rotatable bonds is 7. The number of hydrogen-bond acceptors (Lipinski definition) is 4. The highest BCUT2D eigenvalue weighted by molar-refractivity contribution is 9.10. The van der Waals surface area contributed by atoms with E-state index < -0.39 is 0 Å². The minimum Gasteiger partial charge on any atom is -0.490 e. The molecule has 4 nitrogen and oxygen atoms in total. The van der Waals surface area contributed by atoms with Gasteiger partial charge in [0.05, 0.1) is 25.5 Å². The van der Waals surface area contributed by atoms with Gasteiger partial charge in [-0.05, 0) is 60.6 Å². The molecule has 0 spiro atoms. The molecular formula is C16H20BrNO3. The second-order valence-electron chi connectivity index (χ2n) is 4.44. The molecule has 0 aliphatic rings. The first kappa shape index (κ1) is 15.9. The summed E-state index contributed by atoms with van der Waals surface area (Å²) in [6.45, 7) is 5.14.